The zero-order valence-electron chi connectivity index (χ0n) is 6.53. The van der Waals surface area contributed by atoms with Crippen molar-refractivity contribution in [3.63, 3.8) is 0 Å². The van der Waals surface area contributed by atoms with Gasteiger partial charge in [-0.3, -0.25) is 0 Å². The molecule has 0 fully saturated rings. The Morgan fingerprint density at radius 2 is 2.46 bits per heavy atom. The molecular weight excluding hydrogens is 210 g/mol. The van der Waals surface area contributed by atoms with Gasteiger partial charge in [0.1, 0.15) is 0 Å². The van der Waals surface area contributed by atoms with Gasteiger partial charge in [0.25, 0.3) is 5.89 Å². The van der Waals surface area contributed by atoms with Crippen LogP contribution in [0.4, 0.5) is 0 Å². The van der Waals surface area contributed by atoms with E-state index in [1.54, 1.807) is 6.07 Å². The predicted octanol–water partition coefficient (Wildman–Crippen LogP) is 1.91. The molecule has 0 amide bonds. The highest BCUT2D eigenvalue weighted by Gasteiger charge is 2.08. The minimum absolute atomic E-state index is 0.279. The lowest BCUT2D eigenvalue weighted by Crippen LogP contribution is -1.97. The van der Waals surface area contributed by atoms with E-state index in [4.69, 9.17) is 21.9 Å². The van der Waals surface area contributed by atoms with E-state index in [1.165, 1.54) is 11.3 Å². The SMILES string of the molecule is NCc1noc(-c2csc(Cl)c2)n1. The van der Waals surface area contributed by atoms with Crippen LogP contribution in [0.2, 0.25) is 4.34 Å². The average molecular weight is 216 g/mol. The number of nitrogens with zero attached hydrogens (tertiary/aromatic N) is 2. The number of halogens is 1. The summed E-state index contributed by atoms with van der Waals surface area (Å²) in [6.07, 6.45) is 0. The fraction of sp³-hybridized carbons (Fsp3) is 0.143. The molecule has 0 saturated heterocycles. The van der Waals surface area contributed by atoms with Crippen LogP contribution >= 0.6 is 22.9 Å². The molecule has 0 aromatic carbocycles. The van der Waals surface area contributed by atoms with Gasteiger partial charge in [-0.15, -0.1) is 11.3 Å². The molecule has 2 aromatic rings. The van der Waals surface area contributed by atoms with Crippen molar-refractivity contribution in [3.05, 3.63) is 21.6 Å². The zero-order chi connectivity index (χ0) is 9.26. The van der Waals surface area contributed by atoms with Gasteiger partial charge in [0.2, 0.25) is 0 Å². The second-order valence-corrected chi connectivity index (χ2v) is 3.90. The molecular formula is C7H6ClN3OS. The predicted molar refractivity (Wildman–Crippen MR) is 50.5 cm³/mol. The van der Waals surface area contributed by atoms with Crippen LogP contribution in [0.25, 0.3) is 11.5 Å². The molecule has 0 aliphatic heterocycles. The van der Waals surface area contributed by atoms with Crippen LogP contribution in [0, 0.1) is 0 Å². The minimum atomic E-state index is 0.279. The Balaban J connectivity index is 2.35. The zero-order valence-corrected chi connectivity index (χ0v) is 8.10. The maximum absolute atomic E-state index is 5.75. The third-order valence-corrected chi connectivity index (χ3v) is 2.56. The van der Waals surface area contributed by atoms with Crippen LogP contribution in [0.1, 0.15) is 5.82 Å². The monoisotopic (exact) mass is 215 g/mol. The number of thiophene rings is 1. The number of aromatic nitrogens is 2. The summed E-state index contributed by atoms with van der Waals surface area (Å²) in [5, 5.41) is 5.53. The molecule has 2 aromatic heterocycles. The normalized spacial score (nSPS) is 10.6. The van der Waals surface area contributed by atoms with E-state index >= 15 is 0 Å². The average Bonchev–Trinajstić information content (AvgIpc) is 2.71. The highest BCUT2D eigenvalue weighted by Crippen LogP contribution is 2.27. The van der Waals surface area contributed by atoms with Gasteiger partial charge in [-0.25, -0.2) is 0 Å². The largest absolute Gasteiger partial charge is 0.334 e. The first-order valence-electron chi connectivity index (χ1n) is 3.56. The molecule has 13 heavy (non-hydrogen) atoms. The van der Waals surface area contributed by atoms with Crippen molar-refractivity contribution in [3.8, 4) is 11.5 Å². The van der Waals surface area contributed by atoms with Crippen molar-refractivity contribution in [2.24, 2.45) is 5.73 Å². The molecule has 0 atom stereocenters. The maximum Gasteiger partial charge on any atom is 0.258 e. The Hall–Kier alpha value is -0.910. The van der Waals surface area contributed by atoms with E-state index in [2.05, 4.69) is 10.1 Å². The van der Waals surface area contributed by atoms with Gasteiger partial charge in [0, 0.05) is 5.38 Å². The minimum Gasteiger partial charge on any atom is -0.334 e. The third-order valence-electron chi connectivity index (χ3n) is 1.47. The molecule has 0 aliphatic rings. The Kier molecular flexibility index (Phi) is 2.30. The molecule has 2 heterocycles. The summed E-state index contributed by atoms with van der Waals surface area (Å²) in [5.41, 5.74) is 6.17. The van der Waals surface area contributed by atoms with Crippen LogP contribution in [-0.4, -0.2) is 10.1 Å². The molecule has 68 valence electrons. The summed E-state index contributed by atoms with van der Waals surface area (Å²) in [4.78, 5) is 4.06. The molecule has 0 aliphatic carbocycles. The molecule has 4 nitrogen and oxygen atoms in total. The summed E-state index contributed by atoms with van der Waals surface area (Å²) in [7, 11) is 0. The fourth-order valence-corrected chi connectivity index (χ4v) is 1.73. The van der Waals surface area contributed by atoms with Crippen molar-refractivity contribution in [1.82, 2.24) is 10.1 Å². The Bertz CT molecular complexity index is 411. The van der Waals surface area contributed by atoms with Crippen molar-refractivity contribution in [2.75, 3.05) is 0 Å². The van der Waals surface area contributed by atoms with E-state index in [-0.39, 0.29) is 6.54 Å². The van der Waals surface area contributed by atoms with Crippen LogP contribution in [0.3, 0.4) is 0 Å². The Morgan fingerprint density at radius 3 is 3.00 bits per heavy atom. The quantitative estimate of drug-likeness (QED) is 0.831. The Morgan fingerprint density at radius 1 is 1.62 bits per heavy atom. The number of rotatable bonds is 2. The molecule has 2 rings (SSSR count). The molecule has 2 N–H and O–H groups in total. The molecule has 0 unspecified atom stereocenters. The van der Waals surface area contributed by atoms with Gasteiger partial charge < -0.3 is 10.3 Å². The summed E-state index contributed by atoms with van der Waals surface area (Å²) >= 11 is 7.18. The standard InChI is InChI=1S/C7H6ClN3OS/c8-5-1-4(3-13-5)7-10-6(2-9)11-12-7/h1,3H,2,9H2. The van der Waals surface area contributed by atoms with E-state index in [0.717, 1.165) is 5.56 Å². The van der Waals surface area contributed by atoms with Crippen molar-refractivity contribution in [2.45, 2.75) is 6.54 Å². The van der Waals surface area contributed by atoms with E-state index < -0.39 is 0 Å². The van der Waals surface area contributed by atoms with Crippen LogP contribution in [0.5, 0.6) is 0 Å². The summed E-state index contributed by atoms with van der Waals surface area (Å²) in [6.45, 7) is 0.279. The van der Waals surface area contributed by atoms with Crippen molar-refractivity contribution < 1.29 is 4.52 Å². The third kappa shape index (κ3) is 1.72. The van der Waals surface area contributed by atoms with Crippen LogP contribution < -0.4 is 5.73 Å². The number of nitrogens with two attached hydrogens (primary N) is 1. The van der Waals surface area contributed by atoms with E-state index in [9.17, 15) is 0 Å². The van der Waals surface area contributed by atoms with Crippen LogP contribution in [0.15, 0.2) is 16.0 Å². The van der Waals surface area contributed by atoms with Gasteiger partial charge in [-0.05, 0) is 6.07 Å². The molecule has 0 spiro atoms. The van der Waals surface area contributed by atoms with Crippen molar-refractivity contribution >= 4 is 22.9 Å². The molecule has 0 bridgehead atoms. The molecule has 0 saturated carbocycles. The van der Waals surface area contributed by atoms with E-state index in [1.807, 2.05) is 5.38 Å². The second-order valence-electron chi connectivity index (χ2n) is 2.36. The van der Waals surface area contributed by atoms with Gasteiger partial charge in [-0.1, -0.05) is 16.8 Å². The van der Waals surface area contributed by atoms with Gasteiger partial charge in [0.05, 0.1) is 16.4 Å². The summed E-state index contributed by atoms with van der Waals surface area (Å²) in [5.74, 6) is 0.959. The highest BCUT2D eigenvalue weighted by molar-refractivity contribution is 7.14. The first-order chi connectivity index (χ1) is 6.29. The number of hydrogen-bond acceptors (Lipinski definition) is 5. The van der Waals surface area contributed by atoms with Gasteiger partial charge >= 0.3 is 0 Å². The first-order valence-corrected chi connectivity index (χ1v) is 4.82. The second kappa shape index (κ2) is 3.45. The summed E-state index contributed by atoms with van der Waals surface area (Å²) < 4.78 is 5.66. The maximum atomic E-state index is 5.75. The number of hydrogen-bond donors (Lipinski definition) is 1. The lowest BCUT2D eigenvalue weighted by molar-refractivity contribution is 0.423. The Labute approximate surface area is 83.3 Å². The topological polar surface area (TPSA) is 64.9 Å². The van der Waals surface area contributed by atoms with Gasteiger partial charge in [0.15, 0.2) is 5.82 Å². The summed E-state index contributed by atoms with van der Waals surface area (Å²) in [6, 6.07) is 1.78. The first kappa shape index (κ1) is 8.68. The lowest BCUT2D eigenvalue weighted by Gasteiger charge is -1.82. The smallest absolute Gasteiger partial charge is 0.258 e. The fourth-order valence-electron chi connectivity index (χ4n) is 0.876. The van der Waals surface area contributed by atoms with Crippen molar-refractivity contribution in [1.29, 1.82) is 0 Å². The van der Waals surface area contributed by atoms with E-state index in [0.29, 0.717) is 16.1 Å². The molecule has 0 radical (unpaired) electrons. The highest BCUT2D eigenvalue weighted by atomic mass is 35.5. The van der Waals surface area contributed by atoms with Gasteiger partial charge in [-0.2, -0.15) is 4.98 Å². The lowest BCUT2D eigenvalue weighted by atomic mass is 10.3. The van der Waals surface area contributed by atoms with Crippen LogP contribution in [-0.2, 0) is 6.54 Å². The molecule has 6 heteroatoms.